The largest absolute Gasteiger partial charge is 0.387 e. The monoisotopic (exact) mass is 492 g/mol. The minimum Gasteiger partial charge on any atom is -0.387 e. The summed E-state index contributed by atoms with van der Waals surface area (Å²) in [5.74, 6) is -0.323. The molecule has 4 heterocycles. The van der Waals surface area contributed by atoms with Gasteiger partial charge in [0.05, 0.1) is 6.33 Å². The van der Waals surface area contributed by atoms with E-state index in [1.807, 2.05) is 50.2 Å². The zero-order chi connectivity index (χ0) is 27.9. The maximum Gasteiger partial charge on any atom is 0.251 e. The number of nitrogens with one attached hydrogen (secondary N) is 2. The molecule has 0 spiro atoms. The van der Waals surface area contributed by atoms with E-state index < -0.39 is 37.4 Å². The number of anilines is 1. The highest BCUT2D eigenvalue weighted by atomic mass is 16.6. The highest BCUT2D eigenvalue weighted by Crippen LogP contribution is 2.33. The van der Waals surface area contributed by atoms with Gasteiger partial charge in [0, 0.05) is 35.1 Å². The highest BCUT2D eigenvalue weighted by Gasteiger charge is 2.47. The van der Waals surface area contributed by atoms with Crippen molar-refractivity contribution in [2.45, 2.75) is 44.9 Å². The van der Waals surface area contributed by atoms with Gasteiger partial charge in [0.2, 0.25) is 0 Å². The van der Waals surface area contributed by atoms with Gasteiger partial charge >= 0.3 is 0 Å². The predicted molar refractivity (Wildman–Crippen MR) is 132 cm³/mol. The molecule has 0 radical (unpaired) electrons. The van der Waals surface area contributed by atoms with Crippen LogP contribution in [0.15, 0.2) is 48.9 Å². The van der Waals surface area contributed by atoms with E-state index >= 15 is 0 Å². The Morgan fingerprint density at radius 2 is 1.97 bits per heavy atom. The number of ether oxygens (including phenoxy) is 1. The van der Waals surface area contributed by atoms with E-state index in [0.29, 0.717) is 29.3 Å². The quantitative estimate of drug-likeness (QED) is 0.314. The maximum atomic E-state index is 12.4. The molecular weight excluding hydrogens is 462 g/mol. The summed E-state index contributed by atoms with van der Waals surface area (Å²) >= 11 is 0. The van der Waals surface area contributed by atoms with Gasteiger partial charge in [0.1, 0.15) is 12.2 Å². The van der Waals surface area contributed by atoms with Crippen molar-refractivity contribution >= 4 is 22.9 Å². The SMILES string of the molecule is [2H]C([2H])([2H])NC(=O)[C@H]1O[C@@H](n2cnc3c(NCc4ccccc4)nc(-c4cnc(C)c(C)c4)nc32)[C@H](O)[C@@H]1O. The second-order valence-electron chi connectivity index (χ2n) is 8.60. The molecule has 4 atom stereocenters. The first-order valence-corrected chi connectivity index (χ1v) is 11.3. The second-order valence-corrected chi connectivity index (χ2v) is 8.60. The lowest BCUT2D eigenvalue weighted by Crippen LogP contribution is -2.41. The Hall–Kier alpha value is -3.93. The van der Waals surface area contributed by atoms with Crippen molar-refractivity contribution in [2.75, 3.05) is 12.3 Å². The van der Waals surface area contributed by atoms with Crippen LogP contribution in [0.5, 0.6) is 0 Å². The molecule has 1 aromatic carbocycles. The van der Waals surface area contributed by atoms with E-state index in [1.54, 1.807) is 11.5 Å². The molecule has 0 saturated carbocycles. The van der Waals surface area contributed by atoms with Crippen LogP contribution in [-0.2, 0) is 16.1 Å². The van der Waals surface area contributed by atoms with Crippen molar-refractivity contribution in [1.82, 2.24) is 29.8 Å². The lowest BCUT2D eigenvalue weighted by molar-refractivity contribution is -0.137. The third-order valence-corrected chi connectivity index (χ3v) is 6.22. The number of pyridine rings is 1. The van der Waals surface area contributed by atoms with E-state index in [1.165, 1.54) is 10.9 Å². The minimum atomic E-state index is -2.79. The average Bonchev–Trinajstić information content (AvgIpc) is 3.44. The summed E-state index contributed by atoms with van der Waals surface area (Å²) in [5.41, 5.74) is 4.11. The molecule has 1 saturated heterocycles. The van der Waals surface area contributed by atoms with Gasteiger partial charge in [-0.05, 0) is 31.0 Å². The zero-order valence-corrected chi connectivity index (χ0v) is 19.6. The fraction of sp³-hybridized carbons (Fsp3) is 0.320. The Bertz CT molecular complexity index is 1510. The molecule has 5 rings (SSSR count). The van der Waals surface area contributed by atoms with Gasteiger partial charge < -0.3 is 25.6 Å². The van der Waals surface area contributed by atoms with Crippen molar-refractivity contribution in [3.63, 3.8) is 0 Å². The number of fused-ring (bicyclic) bond motifs is 1. The molecule has 0 bridgehead atoms. The van der Waals surface area contributed by atoms with Crippen molar-refractivity contribution in [3.8, 4) is 11.4 Å². The van der Waals surface area contributed by atoms with E-state index in [0.717, 1.165) is 16.8 Å². The van der Waals surface area contributed by atoms with Crippen LogP contribution in [0.4, 0.5) is 5.82 Å². The number of hydrogen-bond donors (Lipinski definition) is 4. The average molecular weight is 493 g/mol. The molecule has 1 aliphatic rings. The molecule has 1 aliphatic heterocycles. The first-order chi connectivity index (χ1) is 18.5. The Morgan fingerprint density at radius 1 is 1.17 bits per heavy atom. The summed E-state index contributed by atoms with van der Waals surface area (Å²) < 4.78 is 28.8. The number of likely N-dealkylation sites (N-methyl/N-ethyl adjacent to an activating group) is 1. The molecular formula is C25H27N7O4. The van der Waals surface area contributed by atoms with Gasteiger partial charge in [-0.15, -0.1) is 0 Å². The molecule has 0 unspecified atom stereocenters. The van der Waals surface area contributed by atoms with Gasteiger partial charge in [-0.1, -0.05) is 30.3 Å². The van der Waals surface area contributed by atoms with E-state index in [9.17, 15) is 15.0 Å². The number of carbonyl (C=O) groups excluding carboxylic acids is 1. The molecule has 1 amide bonds. The lowest BCUT2D eigenvalue weighted by Gasteiger charge is -2.17. The van der Waals surface area contributed by atoms with E-state index in [4.69, 9.17) is 13.8 Å². The van der Waals surface area contributed by atoms with Gasteiger partial charge in [-0.25, -0.2) is 15.0 Å². The number of aliphatic hydroxyl groups excluding tert-OH is 2. The zero-order valence-electron chi connectivity index (χ0n) is 22.6. The van der Waals surface area contributed by atoms with Crippen LogP contribution in [0.2, 0.25) is 0 Å². The van der Waals surface area contributed by atoms with Crippen LogP contribution in [0.3, 0.4) is 0 Å². The van der Waals surface area contributed by atoms with Crippen LogP contribution in [0, 0.1) is 13.8 Å². The summed E-state index contributed by atoms with van der Waals surface area (Å²) in [6.45, 7) is 1.49. The van der Waals surface area contributed by atoms with Gasteiger partial charge in [0.25, 0.3) is 5.91 Å². The molecule has 1 fully saturated rings. The highest BCUT2D eigenvalue weighted by molar-refractivity contribution is 5.85. The summed E-state index contributed by atoms with van der Waals surface area (Å²) in [6, 6.07) is 11.6. The summed E-state index contributed by atoms with van der Waals surface area (Å²) in [5, 5.41) is 26.4. The lowest BCUT2D eigenvalue weighted by atomic mass is 10.1. The summed E-state index contributed by atoms with van der Waals surface area (Å²) in [6.07, 6.45) is -3.14. The number of hydrogen-bond acceptors (Lipinski definition) is 9. The van der Waals surface area contributed by atoms with Crippen molar-refractivity contribution in [2.24, 2.45) is 0 Å². The van der Waals surface area contributed by atoms with E-state index in [2.05, 4.69) is 20.3 Å². The normalized spacial score (nSPS) is 23.2. The number of rotatable bonds is 6. The number of nitrogens with zero attached hydrogens (tertiary/aromatic N) is 5. The predicted octanol–water partition coefficient (Wildman–Crippen LogP) is 1.48. The smallest absolute Gasteiger partial charge is 0.251 e. The molecule has 0 aliphatic carbocycles. The van der Waals surface area contributed by atoms with E-state index in [-0.39, 0.29) is 5.65 Å². The minimum absolute atomic E-state index is 0.266. The number of amides is 1. The fourth-order valence-electron chi connectivity index (χ4n) is 4.08. The van der Waals surface area contributed by atoms with Gasteiger partial charge in [-0.2, -0.15) is 0 Å². The maximum absolute atomic E-state index is 12.4. The first-order valence-electron chi connectivity index (χ1n) is 12.8. The second kappa shape index (κ2) is 9.61. The number of aliphatic hydroxyl groups is 2. The molecule has 4 N–H and O–H groups in total. The third-order valence-electron chi connectivity index (χ3n) is 6.22. The molecule has 4 aromatic rings. The Kier molecular flexibility index (Phi) is 5.41. The standard InChI is InChI=1S/C25H27N7O4/c1-13-9-16(11-27-14(13)2)21-30-22(28-10-15-7-5-4-6-8-15)17-23(31-21)32(12-29-17)25-19(34)18(33)20(36-25)24(35)26-3/h4-9,11-12,18-20,25,33-34H,10H2,1-3H3,(H,26,35)(H,28,30,31)/t18-,19+,20-,25+/m0/s1/i3D3. The number of aromatic nitrogens is 5. The van der Waals surface area contributed by atoms with Crippen LogP contribution in [0.1, 0.15) is 27.2 Å². The number of benzene rings is 1. The third kappa shape index (κ3) is 4.28. The summed E-state index contributed by atoms with van der Waals surface area (Å²) in [4.78, 5) is 30.6. The van der Waals surface area contributed by atoms with Gasteiger partial charge in [-0.3, -0.25) is 14.3 Å². The topological polar surface area (TPSA) is 147 Å². The van der Waals surface area contributed by atoms with Gasteiger partial charge in [0.15, 0.2) is 35.1 Å². The molecule has 3 aromatic heterocycles. The van der Waals surface area contributed by atoms with Crippen LogP contribution >= 0.6 is 0 Å². The van der Waals surface area contributed by atoms with Crippen molar-refractivity contribution < 1.29 is 23.9 Å². The Labute approximate surface area is 211 Å². The molecule has 11 nitrogen and oxygen atoms in total. The van der Waals surface area contributed by atoms with Crippen molar-refractivity contribution in [3.05, 3.63) is 65.7 Å². The number of imidazole rings is 1. The number of carbonyl (C=O) groups is 1. The first kappa shape index (κ1) is 20.3. The van der Waals surface area contributed by atoms with Crippen molar-refractivity contribution in [1.29, 1.82) is 0 Å². The molecule has 11 heteroatoms. The van der Waals surface area contributed by atoms with Crippen LogP contribution in [-0.4, -0.2) is 65.9 Å². The van der Waals surface area contributed by atoms with Crippen LogP contribution in [0.25, 0.3) is 22.6 Å². The Balaban J connectivity index is 1.55. The summed E-state index contributed by atoms with van der Waals surface area (Å²) in [7, 11) is 0. The molecule has 36 heavy (non-hydrogen) atoms. The molecule has 186 valence electrons. The fourth-order valence-corrected chi connectivity index (χ4v) is 4.08. The Morgan fingerprint density at radius 3 is 2.72 bits per heavy atom. The van der Waals surface area contributed by atoms with Crippen LogP contribution < -0.4 is 10.6 Å². The number of aryl methyl sites for hydroxylation is 2.